The molecule has 1 N–H and O–H groups in total. The monoisotopic (exact) mass is 340 g/mol. The van der Waals surface area contributed by atoms with E-state index in [9.17, 15) is 18.0 Å². The molecule has 0 unspecified atom stereocenters. The minimum atomic E-state index is -4.47. The first-order chi connectivity index (χ1) is 10.8. The van der Waals surface area contributed by atoms with Gasteiger partial charge in [-0.1, -0.05) is 17.7 Å². The van der Waals surface area contributed by atoms with E-state index in [1.54, 1.807) is 6.07 Å². The lowest BCUT2D eigenvalue weighted by atomic mass is 10.2. The number of hydrogen-bond acceptors (Lipinski definition) is 4. The van der Waals surface area contributed by atoms with E-state index in [2.05, 4.69) is 10.3 Å². The number of rotatable bonds is 2. The quantitative estimate of drug-likeness (QED) is 0.740. The molecule has 0 bridgehead atoms. The molecule has 1 aromatic heterocycles. The van der Waals surface area contributed by atoms with Crippen molar-refractivity contribution in [2.24, 2.45) is 0 Å². The van der Waals surface area contributed by atoms with Crippen LogP contribution in [0.4, 0.5) is 24.9 Å². The highest BCUT2D eigenvalue weighted by atomic mass is 35.5. The Labute approximate surface area is 132 Å². The van der Waals surface area contributed by atoms with Crippen LogP contribution < -0.4 is 10.9 Å². The average Bonchev–Trinajstić information content (AvgIpc) is 2.48. The second kappa shape index (κ2) is 5.58. The second-order valence-electron chi connectivity index (χ2n) is 4.67. The fourth-order valence-electron chi connectivity index (χ4n) is 1.99. The molecule has 1 heterocycles. The molecule has 118 valence electrons. The number of alkyl halides is 3. The van der Waals surface area contributed by atoms with Gasteiger partial charge < -0.3 is 9.73 Å². The van der Waals surface area contributed by atoms with E-state index < -0.39 is 17.4 Å². The second-order valence-corrected chi connectivity index (χ2v) is 5.11. The van der Waals surface area contributed by atoms with Crippen LogP contribution in [0.15, 0.2) is 51.7 Å². The molecule has 8 heteroatoms. The minimum Gasteiger partial charge on any atom is -0.388 e. The van der Waals surface area contributed by atoms with Gasteiger partial charge in [-0.15, -0.1) is 0 Å². The molecule has 0 spiro atoms. The van der Waals surface area contributed by atoms with E-state index in [0.29, 0.717) is 10.5 Å². The van der Waals surface area contributed by atoms with Gasteiger partial charge in [-0.3, -0.25) is 0 Å². The molecular formula is C15H8ClF3N2O2. The van der Waals surface area contributed by atoms with Crippen molar-refractivity contribution in [3.8, 4) is 0 Å². The van der Waals surface area contributed by atoms with Gasteiger partial charge in [0.15, 0.2) is 0 Å². The summed E-state index contributed by atoms with van der Waals surface area (Å²) in [5, 5.41) is 3.09. The Kier molecular flexibility index (Phi) is 3.73. The number of benzene rings is 2. The van der Waals surface area contributed by atoms with E-state index in [1.807, 2.05) is 0 Å². The topological polar surface area (TPSA) is 55.1 Å². The van der Waals surface area contributed by atoms with Gasteiger partial charge in [0.2, 0.25) is 0 Å². The third kappa shape index (κ3) is 3.29. The molecule has 0 amide bonds. The average molecular weight is 341 g/mol. The van der Waals surface area contributed by atoms with Crippen LogP contribution in [-0.4, -0.2) is 4.98 Å². The van der Waals surface area contributed by atoms with E-state index in [0.717, 1.165) is 12.1 Å². The molecule has 0 saturated carbocycles. The fraction of sp³-hybridized carbons (Fsp3) is 0.0667. The molecule has 4 nitrogen and oxygen atoms in total. The Morgan fingerprint density at radius 3 is 2.65 bits per heavy atom. The Hall–Kier alpha value is -2.54. The van der Waals surface area contributed by atoms with Crippen molar-refractivity contribution in [1.29, 1.82) is 0 Å². The van der Waals surface area contributed by atoms with Crippen molar-refractivity contribution in [2.75, 3.05) is 5.32 Å². The molecule has 0 saturated heterocycles. The predicted molar refractivity (Wildman–Crippen MR) is 80.0 cm³/mol. The smallest absolute Gasteiger partial charge is 0.388 e. The first-order valence-electron chi connectivity index (χ1n) is 6.37. The Balaban J connectivity index is 1.99. The highest BCUT2D eigenvalue weighted by Gasteiger charge is 2.30. The maximum atomic E-state index is 12.7. The number of nitrogens with one attached hydrogen (secondary N) is 1. The summed E-state index contributed by atoms with van der Waals surface area (Å²) in [7, 11) is 0. The zero-order valence-electron chi connectivity index (χ0n) is 11.3. The van der Waals surface area contributed by atoms with Crippen LogP contribution >= 0.6 is 11.6 Å². The molecule has 2 aromatic carbocycles. The number of anilines is 2. The standard InChI is InChI=1S/C15H8ClF3N2O2/c16-9-4-5-12-11(7-9)13(22)23-14(21-12)20-10-3-1-2-8(6-10)15(17,18)19/h1-7H,(H,20,21). The summed E-state index contributed by atoms with van der Waals surface area (Å²) in [6, 6.07) is 8.75. The molecule has 0 aliphatic carbocycles. The van der Waals surface area contributed by atoms with Crippen LogP contribution in [0.5, 0.6) is 0 Å². The molecule has 0 aliphatic heterocycles. The molecule has 3 rings (SSSR count). The number of halogens is 4. The first kappa shape index (κ1) is 15.4. The number of fused-ring (bicyclic) bond motifs is 1. The lowest BCUT2D eigenvalue weighted by Gasteiger charge is -2.09. The maximum Gasteiger partial charge on any atom is 0.416 e. The van der Waals surface area contributed by atoms with Gasteiger partial charge in [-0.2, -0.15) is 18.2 Å². The van der Waals surface area contributed by atoms with E-state index in [-0.39, 0.29) is 17.1 Å². The fourth-order valence-corrected chi connectivity index (χ4v) is 2.17. The van der Waals surface area contributed by atoms with Crippen molar-refractivity contribution >= 4 is 34.2 Å². The van der Waals surface area contributed by atoms with E-state index in [1.165, 1.54) is 24.3 Å². The predicted octanol–water partition coefficient (Wildman–Crippen LogP) is 4.60. The van der Waals surface area contributed by atoms with Gasteiger partial charge in [0, 0.05) is 10.7 Å². The summed E-state index contributed by atoms with van der Waals surface area (Å²) < 4.78 is 43.0. The summed E-state index contributed by atoms with van der Waals surface area (Å²) >= 11 is 5.79. The zero-order valence-corrected chi connectivity index (χ0v) is 12.1. The van der Waals surface area contributed by atoms with Crippen LogP contribution in [0, 0.1) is 0 Å². The summed E-state index contributed by atoms with van der Waals surface area (Å²) in [5.41, 5.74) is -1.09. The Bertz CT molecular complexity index is 938. The lowest BCUT2D eigenvalue weighted by Crippen LogP contribution is -2.07. The molecule has 0 fully saturated rings. The SMILES string of the molecule is O=c1oc(Nc2cccc(C(F)(F)F)c2)nc2ccc(Cl)cc12. The third-order valence-electron chi connectivity index (χ3n) is 3.03. The molecule has 3 aromatic rings. The largest absolute Gasteiger partial charge is 0.416 e. The van der Waals surface area contributed by atoms with E-state index >= 15 is 0 Å². The van der Waals surface area contributed by atoms with Crippen molar-refractivity contribution in [3.05, 3.63) is 63.5 Å². The normalized spacial score (nSPS) is 11.7. The van der Waals surface area contributed by atoms with Gasteiger partial charge in [0.25, 0.3) is 0 Å². The molecular weight excluding hydrogens is 333 g/mol. The number of aromatic nitrogens is 1. The first-order valence-corrected chi connectivity index (χ1v) is 6.75. The van der Waals surface area contributed by atoms with Crippen LogP contribution in [0.25, 0.3) is 10.9 Å². The van der Waals surface area contributed by atoms with Gasteiger partial charge >= 0.3 is 17.8 Å². The highest BCUT2D eigenvalue weighted by molar-refractivity contribution is 6.31. The molecule has 23 heavy (non-hydrogen) atoms. The zero-order chi connectivity index (χ0) is 16.6. The molecule has 0 atom stereocenters. The number of nitrogens with zero attached hydrogens (tertiary/aromatic N) is 1. The molecule has 0 radical (unpaired) electrons. The van der Waals surface area contributed by atoms with Crippen LogP contribution in [0.1, 0.15) is 5.56 Å². The Morgan fingerprint density at radius 2 is 1.91 bits per heavy atom. The third-order valence-corrected chi connectivity index (χ3v) is 3.27. The highest BCUT2D eigenvalue weighted by Crippen LogP contribution is 2.31. The summed E-state index contributed by atoms with van der Waals surface area (Å²) in [4.78, 5) is 15.9. The van der Waals surface area contributed by atoms with Crippen LogP contribution in [-0.2, 0) is 6.18 Å². The van der Waals surface area contributed by atoms with Crippen molar-refractivity contribution < 1.29 is 17.6 Å². The van der Waals surface area contributed by atoms with E-state index in [4.69, 9.17) is 16.0 Å². The van der Waals surface area contributed by atoms with Gasteiger partial charge in [-0.25, -0.2) is 4.79 Å². The molecule has 0 aliphatic rings. The van der Waals surface area contributed by atoms with Gasteiger partial charge in [0.1, 0.15) is 0 Å². The summed E-state index contributed by atoms with van der Waals surface area (Å²) in [5.74, 6) is 0. The van der Waals surface area contributed by atoms with Crippen molar-refractivity contribution in [2.45, 2.75) is 6.18 Å². The van der Waals surface area contributed by atoms with Crippen molar-refractivity contribution in [3.63, 3.8) is 0 Å². The van der Waals surface area contributed by atoms with Crippen molar-refractivity contribution in [1.82, 2.24) is 4.98 Å². The van der Waals surface area contributed by atoms with Gasteiger partial charge in [-0.05, 0) is 36.4 Å². The summed E-state index contributed by atoms with van der Waals surface area (Å²) in [6.07, 6.45) is -4.47. The summed E-state index contributed by atoms with van der Waals surface area (Å²) in [6.45, 7) is 0. The van der Waals surface area contributed by atoms with Gasteiger partial charge in [0.05, 0.1) is 16.5 Å². The van der Waals surface area contributed by atoms with Crippen LogP contribution in [0.2, 0.25) is 5.02 Å². The lowest BCUT2D eigenvalue weighted by molar-refractivity contribution is -0.137. The number of hydrogen-bond donors (Lipinski definition) is 1. The van der Waals surface area contributed by atoms with Crippen LogP contribution in [0.3, 0.4) is 0 Å². The Morgan fingerprint density at radius 1 is 1.13 bits per heavy atom. The minimum absolute atomic E-state index is 0.101. The maximum absolute atomic E-state index is 12.7.